The molecule has 72 valence electrons. The fraction of sp³-hybridized carbons (Fsp3) is 0.0909. The predicted molar refractivity (Wildman–Crippen MR) is 60.8 cm³/mol. The van der Waals surface area contributed by atoms with Gasteiger partial charge in [-0.3, -0.25) is 4.68 Å². The molecule has 0 amide bonds. The van der Waals surface area contributed by atoms with Crippen molar-refractivity contribution in [3.63, 3.8) is 0 Å². The lowest BCUT2D eigenvalue weighted by molar-refractivity contribution is 0.779. The Hall–Kier alpha value is -1.86. The summed E-state index contributed by atoms with van der Waals surface area (Å²) in [6.45, 7) is 0. The predicted octanol–water partition coefficient (Wildman–Crippen LogP) is 2.66. The van der Waals surface area contributed by atoms with E-state index in [1.54, 1.807) is 16.0 Å². The summed E-state index contributed by atoms with van der Waals surface area (Å²) in [6.07, 6.45) is 1.97. The average molecular weight is 213 g/mol. The molecule has 0 aliphatic rings. The molecule has 0 bridgehead atoms. The lowest BCUT2D eigenvalue weighted by Gasteiger charge is -1.93. The van der Waals surface area contributed by atoms with Crippen LogP contribution in [0.1, 0.15) is 5.56 Å². The summed E-state index contributed by atoms with van der Waals surface area (Å²) < 4.78 is 2.96. The minimum absolute atomic E-state index is 0.650. The second kappa shape index (κ2) is 2.81. The van der Waals surface area contributed by atoms with Crippen LogP contribution in [0.5, 0.6) is 0 Å². The van der Waals surface area contributed by atoms with Crippen molar-refractivity contribution in [1.82, 2.24) is 9.78 Å². The van der Waals surface area contributed by atoms with Gasteiger partial charge in [-0.2, -0.15) is 10.4 Å². The molecule has 0 radical (unpaired) electrons. The van der Waals surface area contributed by atoms with Gasteiger partial charge in [0.05, 0.1) is 5.56 Å². The van der Waals surface area contributed by atoms with Crippen molar-refractivity contribution < 1.29 is 0 Å². The topological polar surface area (TPSA) is 41.6 Å². The van der Waals surface area contributed by atoms with E-state index < -0.39 is 0 Å². The van der Waals surface area contributed by atoms with Gasteiger partial charge < -0.3 is 0 Å². The highest BCUT2D eigenvalue weighted by Crippen LogP contribution is 2.31. The van der Waals surface area contributed by atoms with Gasteiger partial charge >= 0.3 is 0 Å². The molecule has 0 saturated carbocycles. The zero-order valence-corrected chi connectivity index (χ0v) is 8.88. The maximum Gasteiger partial charge on any atom is 0.111 e. The van der Waals surface area contributed by atoms with Crippen LogP contribution in [-0.4, -0.2) is 9.78 Å². The molecule has 0 aliphatic heterocycles. The van der Waals surface area contributed by atoms with E-state index in [0.29, 0.717) is 5.56 Å². The summed E-state index contributed by atoms with van der Waals surface area (Å²) >= 11 is 1.69. The van der Waals surface area contributed by atoms with Crippen LogP contribution in [0.25, 0.3) is 21.0 Å². The van der Waals surface area contributed by atoms with Crippen LogP contribution in [0.4, 0.5) is 0 Å². The van der Waals surface area contributed by atoms with Gasteiger partial charge in [0.1, 0.15) is 11.6 Å². The Morgan fingerprint density at radius 2 is 2.40 bits per heavy atom. The Morgan fingerprint density at radius 1 is 1.53 bits per heavy atom. The molecular formula is C11H7N3S. The largest absolute Gasteiger partial charge is 0.274 e. The molecule has 0 aliphatic carbocycles. The van der Waals surface area contributed by atoms with Crippen LogP contribution in [0.15, 0.2) is 23.7 Å². The van der Waals surface area contributed by atoms with Crippen molar-refractivity contribution >= 4 is 32.3 Å². The quantitative estimate of drug-likeness (QED) is 0.576. The minimum atomic E-state index is 0.650. The molecule has 15 heavy (non-hydrogen) atoms. The van der Waals surface area contributed by atoms with Crippen LogP contribution >= 0.6 is 11.3 Å². The highest BCUT2D eigenvalue weighted by molar-refractivity contribution is 7.18. The summed E-state index contributed by atoms with van der Waals surface area (Å²) in [4.78, 5) is 0. The number of thiophene rings is 1. The van der Waals surface area contributed by atoms with E-state index in [0.717, 1.165) is 16.3 Å². The van der Waals surface area contributed by atoms with E-state index >= 15 is 0 Å². The highest BCUT2D eigenvalue weighted by atomic mass is 32.1. The van der Waals surface area contributed by atoms with E-state index in [2.05, 4.69) is 11.2 Å². The average Bonchev–Trinajstić information content (AvgIpc) is 2.80. The Bertz CT molecular complexity index is 700. The highest BCUT2D eigenvalue weighted by Gasteiger charge is 2.10. The molecule has 3 rings (SSSR count). The zero-order valence-electron chi connectivity index (χ0n) is 8.06. The van der Waals surface area contributed by atoms with Gasteiger partial charge in [-0.05, 0) is 22.9 Å². The van der Waals surface area contributed by atoms with Crippen molar-refractivity contribution in [3.8, 4) is 6.07 Å². The Kier molecular flexibility index (Phi) is 1.58. The second-order valence-electron chi connectivity index (χ2n) is 3.44. The fourth-order valence-corrected chi connectivity index (χ4v) is 2.70. The normalized spacial score (nSPS) is 10.9. The number of hydrogen-bond acceptors (Lipinski definition) is 3. The Labute approximate surface area is 90.2 Å². The summed E-state index contributed by atoms with van der Waals surface area (Å²) in [7, 11) is 1.88. The smallest absolute Gasteiger partial charge is 0.111 e. The summed E-state index contributed by atoms with van der Waals surface area (Å²) in [5.41, 5.74) is 1.45. The first kappa shape index (κ1) is 8.45. The monoisotopic (exact) mass is 213 g/mol. The SMILES string of the molecule is Cn1cc2c(n1)c(C#N)cc1ccsc12. The number of rotatable bonds is 0. The molecule has 0 unspecified atom stereocenters. The third kappa shape index (κ3) is 1.07. The van der Waals surface area contributed by atoms with Crippen LogP contribution in [0.3, 0.4) is 0 Å². The van der Waals surface area contributed by atoms with Gasteiger partial charge in [-0.15, -0.1) is 11.3 Å². The van der Waals surface area contributed by atoms with Crippen molar-refractivity contribution in [3.05, 3.63) is 29.3 Å². The number of nitriles is 1. The standard InChI is InChI=1S/C11H7N3S/c1-14-6-9-10(13-14)8(5-12)4-7-2-3-15-11(7)9/h2-4,6H,1H3. The number of fused-ring (bicyclic) bond motifs is 3. The first-order valence-electron chi connectivity index (χ1n) is 4.53. The Morgan fingerprint density at radius 3 is 3.20 bits per heavy atom. The van der Waals surface area contributed by atoms with E-state index in [-0.39, 0.29) is 0 Å². The van der Waals surface area contributed by atoms with Gasteiger partial charge in [-0.25, -0.2) is 0 Å². The molecule has 0 saturated heterocycles. The molecule has 0 atom stereocenters. The lowest BCUT2D eigenvalue weighted by atomic mass is 10.1. The molecule has 2 aromatic heterocycles. The summed E-state index contributed by atoms with van der Waals surface area (Å²) in [5, 5.41) is 17.6. The molecule has 0 spiro atoms. The third-order valence-electron chi connectivity index (χ3n) is 2.44. The van der Waals surface area contributed by atoms with Crippen LogP contribution in [-0.2, 0) is 7.05 Å². The lowest BCUT2D eigenvalue weighted by Crippen LogP contribution is -1.86. The molecule has 3 aromatic rings. The molecular weight excluding hydrogens is 206 g/mol. The zero-order chi connectivity index (χ0) is 10.4. The van der Waals surface area contributed by atoms with Crippen molar-refractivity contribution in [2.75, 3.05) is 0 Å². The molecule has 1 aromatic carbocycles. The second-order valence-corrected chi connectivity index (χ2v) is 4.36. The van der Waals surface area contributed by atoms with Crippen molar-refractivity contribution in [2.24, 2.45) is 7.05 Å². The molecule has 0 fully saturated rings. The number of hydrogen-bond donors (Lipinski definition) is 0. The van der Waals surface area contributed by atoms with Crippen LogP contribution in [0, 0.1) is 11.3 Å². The van der Waals surface area contributed by atoms with Gasteiger partial charge in [-0.1, -0.05) is 0 Å². The van der Waals surface area contributed by atoms with Gasteiger partial charge in [0.2, 0.25) is 0 Å². The summed E-state index contributed by atoms with van der Waals surface area (Å²) in [5.74, 6) is 0. The minimum Gasteiger partial charge on any atom is -0.274 e. The van der Waals surface area contributed by atoms with E-state index in [4.69, 9.17) is 5.26 Å². The number of aryl methyl sites for hydroxylation is 1. The van der Waals surface area contributed by atoms with Crippen molar-refractivity contribution in [1.29, 1.82) is 5.26 Å². The number of nitrogens with zero attached hydrogens (tertiary/aromatic N) is 3. The van der Waals surface area contributed by atoms with Crippen LogP contribution < -0.4 is 0 Å². The van der Waals surface area contributed by atoms with Crippen LogP contribution in [0.2, 0.25) is 0 Å². The van der Waals surface area contributed by atoms with Gasteiger partial charge in [0.25, 0.3) is 0 Å². The maximum atomic E-state index is 9.05. The van der Waals surface area contributed by atoms with Crippen molar-refractivity contribution in [2.45, 2.75) is 0 Å². The van der Waals surface area contributed by atoms with E-state index in [9.17, 15) is 0 Å². The van der Waals surface area contributed by atoms with Gasteiger partial charge in [0, 0.05) is 23.3 Å². The van der Waals surface area contributed by atoms with Gasteiger partial charge in [0.15, 0.2) is 0 Å². The first-order chi connectivity index (χ1) is 7.29. The number of aromatic nitrogens is 2. The third-order valence-corrected chi connectivity index (χ3v) is 3.41. The molecule has 4 heteroatoms. The van der Waals surface area contributed by atoms with E-state index in [1.165, 1.54) is 4.70 Å². The first-order valence-corrected chi connectivity index (χ1v) is 5.41. The number of benzene rings is 1. The molecule has 3 nitrogen and oxygen atoms in total. The maximum absolute atomic E-state index is 9.05. The molecule has 2 heterocycles. The summed E-state index contributed by atoms with van der Waals surface area (Å²) in [6, 6.07) is 6.13. The molecule has 0 N–H and O–H groups in total. The Balaban J connectivity index is 2.65. The fourth-order valence-electron chi connectivity index (χ4n) is 1.81. The van der Waals surface area contributed by atoms with E-state index in [1.807, 2.05) is 30.8 Å².